The van der Waals surface area contributed by atoms with Crippen LogP contribution in [0, 0.1) is 11.6 Å². The van der Waals surface area contributed by atoms with E-state index in [0.717, 1.165) is 21.2 Å². The van der Waals surface area contributed by atoms with Crippen molar-refractivity contribution in [3.8, 4) is 11.1 Å². The molecular formula is C19H15BrF2N4S. The van der Waals surface area contributed by atoms with Crippen molar-refractivity contribution in [2.45, 2.75) is 0 Å². The van der Waals surface area contributed by atoms with Crippen LogP contribution in [0.1, 0.15) is 0 Å². The lowest BCUT2D eigenvalue weighted by Crippen LogP contribution is -1.92. The molecule has 4 rings (SSSR count). The third kappa shape index (κ3) is 4.17. The van der Waals surface area contributed by atoms with Gasteiger partial charge in [-0.25, -0.2) is 13.8 Å². The first-order chi connectivity index (χ1) is 12.9. The Hall–Kier alpha value is -2.71. The minimum atomic E-state index is -0.422. The zero-order valence-electron chi connectivity index (χ0n) is 13.9. The van der Waals surface area contributed by atoms with Gasteiger partial charge in [0.2, 0.25) is 0 Å². The number of nitrogen functional groups attached to an aromatic ring is 3. The van der Waals surface area contributed by atoms with Gasteiger partial charge >= 0.3 is 0 Å². The van der Waals surface area contributed by atoms with Gasteiger partial charge in [-0.1, -0.05) is 22.0 Å². The van der Waals surface area contributed by atoms with Crippen molar-refractivity contribution in [3.63, 3.8) is 0 Å². The van der Waals surface area contributed by atoms with E-state index < -0.39 is 5.82 Å². The molecule has 2 heterocycles. The maximum atomic E-state index is 13.5. The lowest BCUT2D eigenvalue weighted by atomic mass is 10.0. The van der Waals surface area contributed by atoms with Gasteiger partial charge < -0.3 is 17.2 Å². The number of nitrogens with zero attached hydrogens (tertiary/aromatic N) is 1. The van der Waals surface area contributed by atoms with Crippen molar-refractivity contribution in [2.75, 3.05) is 17.2 Å². The maximum Gasteiger partial charge on any atom is 0.147 e. The quantitative estimate of drug-likeness (QED) is 0.338. The molecule has 6 N–H and O–H groups in total. The molecule has 8 heteroatoms. The van der Waals surface area contributed by atoms with Crippen LogP contribution in [-0.4, -0.2) is 4.98 Å². The minimum Gasteiger partial charge on any atom is -0.396 e. The first kappa shape index (κ1) is 19.1. The van der Waals surface area contributed by atoms with Crippen molar-refractivity contribution < 1.29 is 8.78 Å². The molecular weight excluding hydrogens is 434 g/mol. The number of thiophene rings is 1. The summed E-state index contributed by atoms with van der Waals surface area (Å²) in [5.74, 6) is -0.348. The van der Waals surface area contributed by atoms with Crippen LogP contribution in [0.2, 0.25) is 0 Å². The molecule has 0 radical (unpaired) electrons. The normalized spacial score (nSPS) is 10.5. The molecule has 0 saturated carbocycles. The number of aromatic nitrogens is 1. The predicted molar refractivity (Wildman–Crippen MR) is 112 cm³/mol. The third-order valence-electron chi connectivity index (χ3n) is 3.79. The highest BCUT2D eigenvalue weighted by molar-refractivity contribution is 9.10. The molecule has 4 aromatic rings. The van der Waals surface area contributed by atoms with Crippen molar-refractivity contribution in [1.29, 1.82) is 0 Å². The molecule has 2 aromatic heterocycles. The lowest BCUT2D eigenvalue weighted by Gasteiger charge is -2.03. The van der Waals surface area contributed by atoms with Crippen LogP contribution in [0.15, 0.2) is 58.5 Å². The van der Waals surface area contributed by atoms with E-state index in [1.54, 1.807) is 35.7 Å². The molecule has 0 amide bonds. The summed E-state index contributed by atoms with van der Waals surface area (Å²) >= 11 is 4.66. The monoisotopic (exact) mass is 448 g/mol. The van der Waals surface area contributed by atoms with Gasteiger partial charge in [-0.15, -0.1) is 11.3 Å². The Morgan fingerprint density at radius 3 is 2.19 bits per heavy atom. The number of hydrogen-bond donors (Lipinski definition) is 3. The van der Waals surface area contributed by atoms with Crippen molar-refractivity contribution in [1.82, 2.24) is 4.98 Å². The van der Waals surface area contributed by atoms with Crippen molar-refractivity contribution >= 4 is 54.5 Å². The summed E-state index contributed by atoms with van der Waals surface area (Å²) in [4.78, 5) is 4.07. The molecule has 27 heavy (non-hydrogen) atoms. The van der Waals surface area contributed by atoms with Crippen LogP contribution in [0.5, 0.6) is 0 Å². The van der Waals surface area contributed by atoms with Crippen LogP contribution in [0.4, 0.5) is 26.0 Å². The van der Waals surface area contributed by atoms with E-state index in [1.165, 1.54) is 18.2 Å². The largest absolute Gasteiger partial charge is 0.396 e. The highest BCUT2D eigenvalue weighted by Gasteiger charge is 2.11. The highest BCUT2D eigenvalue weighted by Crippen LogP contribution is 2.37. The predicted octanol–water partition coefficient (Wildman–Crippen LogP) is 5.44. The van der Waals surface area contributed by atoms with Gasteiger partial charge in [0.15, 0.2) is 0 Å². The summed E-state index contributed by atoms with van der Waals surface area (Å²) in [6.45, 7) is 0. The fourth-order valence-corrected chi connectivity index (χ4v) is 3.72. The van der Waals surface area contributed by atoms with Gasteiger partial charge in [-0.2, -0.15) is 0 Å². The van der Waals surface area contributed by atoms with Crippen LogP contribution in [-0.2, 0) is 0 Å². The second-order valence-electron chi connectivity index (χ2n) is 5.62. The smallest absolute Gasteiger partial charge is 0.147 e. The number of halogens is 3. The summed E-state index contributed by atoms with van der Waals surface area (Å²) in [7, 11) is 0. The fraction of sp³-hybridized carbons (Fsp3) is 0. The molecule has 0 unspecified atom stereocenters. The number of anilines is 3. The van der Waals surface area contributed by atoms with Gasteiger partial charge in [0, 0.05) is 26.3 Å². The number of rotatable bonds is 1. The van der Waals surface area contributed by atoms with Crippen LogP contribution in [0.25, 0.3) is 21.2 Å². The molecule has 0 spiro atoms. The van der Waals surface area contributed by atoms with Gasteiger partial charge in [0.05, 0.1) is 11.4 Å². The first-order valence-corrected chi connectivity index (χ1v) is 9.41. The molecule has 0 fully saturated rings. The average molecular weight is 449 g/mol. The number of fused-ring (bicyclic) bond motifs is 1. The minimum absolute atomic E-state index is 0.143. The van der Waals surface area contributed by atoms with Crippen LogP contribution in [0.3, 0.4) is 0 Å². The van der Waals surface area contributed by atoms with E-state index >= 15 is 0 Å². The van der Waals surface area contributed by atoms with E-state index in [9.17, 15) is 8.78 Å². The van der Waals surface area contributed by atoms with Gasteiger partial charge in [0.25, 0.3) is 0 Å². The summed E-state index contributed by atoms with van der Waals surface area (Å²) in [5, 5.41) is 2.82. The Balaban J connectivity index is 0.000000197. The molecule has 0 bridgehead atoms. The van der Waals surface area contributed by atoms with Gasteiger partial charge in [-0.3, -0.25) is 0 Å². The van der Waals surface area contributed by atoms with E-state index in [-0.39, 0.29) is 17.2 Å². The maximum absolute atomic E-state index is 13.5. The zero-order valence-corrected chi connectivity index (χ0v) is 16.3. The number of nitrogens with two attached hydrogens (primary N) is 3. The molecule has 0 saturated heterocycles. The third-order valence-corrected chi connectivity index (χ3v) is 5.23. The lowest BCUT2D eigenvalue weighted by molar-refractivity contribution is 0.631. The Labute approximate surface area is 166 Å². The molecule has 0 aliphatic rings. The van der Waals surface area contributed by atoms with Crippen molar-refractivity contribution in [2.24, 2.45) is 0 Å². The van der Waals surface area contributed by atoms with Gasteiger partial charge in [0.1, 0.15) is 17.5 Å². The molecule has 2 aromatic carbocycles. The van der Waals surface area contributed by atoms with Gasteiger partial charge in [-0.05, 0) is 47.3 Å². The highest BCUT2D eigenvalue weighted by atomic mass is 79.9. The average Bonchev–Trinajstić information content (AvgIpc) is 3.07. The fourth-order valence-electron chi connectivity index (χ4n) is 2.42. The Morgan fingerprint density at radius 2 is 1.56 bits per heavy atom. The van der Waals surface area contributed by atoms with E-state index in [4.69, 9.17) is 17.2 Å². The summed E-state index contributed by atoms with van der Waals surface area (Å²) in [5.41, 5.74) is 18.5. The number of hydrogen-bond acceptors (Lipinski definition) is 5. The topological polar surface area (TPSA) is 90.9 Å². The Morgan fingerprint density at radius 1 is 0.889 bits per heavy atom. The summed E-state index contributed by atoms with van der Waals surface area (Å²) < 4.78 is 27.7. The molecule has 0 aliphatic carbocycles. The molecule has 138 valence electrons. The molecule has 0 atom stereocenters. The SMILES string of the molecule is Nc1ccc(-c2csc3ccnc(N)c23)cc1F.Nc1ccc(Br)cc1F. The summed E-state index contributed by atoms with van der Waals surface area (Å²) in [6.07, 6.45) is 1.67. The Kier molecular flexibility index (Phi) is 5.57. The standard InChI is InChI=1S/C13H10FN3S.C6H5BrFN/c14-9-5-7(1-2-10(9)15)8-6-18-11-3-4-17-13(16)12(8)11;7-4-1-2-6(9)5(8)3-4/h1-6H,15H2,(H2,16,17);1-3H,9H2. The van der Waals surface area contributed by atoms with E-state index in [1.807, 2.05) is 11.4 Å². The van der Waals surface area contributed by atoms with Crippen molar-refractivity contribution in [3.05, 3.63) is 70.1 Å². The van der Waals surface area contributed by atoms with E-state index in [0.29, 0.717) is 10.3 Å². The Bertz CT molecular complexity index is 1110. The second-order valence-corrected chi connectivity index (χ2v) is 7.45. The zero-order chi connectivity index (χ0) is 19.6. The summed E-state index contributed by atoms with van der Waals surface area (Å²) in [6, 6.07) is 11.2. The van der Waals surface area contributed by atoms with Crippen LogP contribution < -0.4 is 17.2 Å². The van der Waals surface area contributed by atoms with E-state index in [2.05, 4.69) is 20.9 Å². The van der Waals surface area contributed by atoms with Crippen LogP contribution >= 0.6 is 27.3 Å². The first-order valence-electron chi connectivity index (χ1n) is 7.74. The molecule has 0 aliphatic heterocycles. The second kappa shape index (κ2) is 7.89. The number of pyridine rings is 1. The molecule has 4 nitrogen and oxygen atoms in total. The number of benzene rings is 2.